The fourth-order valence-corrected chi connectivity index (χ4v) is 5.31. The van der Waals surface area contributed by atoms with Crippen molar-refractivity contribution in [3.63, 3.8) is 0 Å². The van der Waals surface area contributed by atoms with Crippen LogP contribution in [0.2, 0.25) is 5.02 Å². The third-order valence-corrected chi connectivity index (χ3v) is 7.32. The van der Waals surface area contributed by atoms with E-state index < -0.39 is 10.0 Å². The van der Waals surface area contributed by atoms with Crippen molar-refractivity contribution >= 4 is 27.5 Å². The van der Waals surface area contributed by atoms with Gasteiger partial charge in [-0.3, -0.25) is 4.79 Å². The van der Waals surface area contributed by atoms with Gasteiger partial charge in [0, 0.05) is 29.7 Å². The highest BCUT2D eigenvalue weighted by Crippen LogP contribution is 2.25. The molecule has 1 aliphatic heterocycles. The van der Waals surface area contributed by atoms with Crippen LogP contribution in [0.5, 0.6) is 0 Å². The average molecular weight is 421 g/mol. The van der Waals surface area contributed by atoms with Gasteiger partial charge in [-0.15, -0.1) is 0 Å². The Kier molecular flexibility index (Phi) is 6.75. The van der Waals surface area contributed by atoms with Crippen LogP contribution in [0, 0.1) is 0 Å². The molecule has 5 nitrogen and oxygen atoms in total. The Bertz CT molecular complexity index is 929. The Morgan fingerprint density at radius 3 is 2.64 bits per heavy atom. The molecule has 1 N–H and O–H groups in total. The largest absolute Gasteiger partial charge is 0.352 e. The minimum Gasteiger partial charge on any atom is -0.352 e. The van der Waals surface area contributed by atoms with Gasteiger partial charge in [0.25, 0.3) is 5.91 Å². The molecular weight excluding hydrogens is 396 g/mol. The summed E-state index contributed by atoms with van der Waals surface area (Å²) in [5, 5.41) is 3.52. The third kappa shape index (κ3) is 4.93. The molecule has 2 aromatic carbocycles. The lowest BCUT2D eigenvalue weighted by atomic mass is 10.1. The molecule has 1 fully saturated rings. The van der Waals surface area contributed by atoms with Crippen molar-refractivity contribution in [3.8, 4) is 0 Å². The van der Waals surface area contributed by atoms with Crippen molar-refractivity contribution in [3.05, 3.63) is 64.7 Å². The lowest BCUT2D eigenvalue weighted by molar-refractivity contribution is 0.0954. The Morgan fingerprint density at radius 1 is 1.18 bits per heavy atom. The molecule has 28 heavy (non-hydrogen) atoms. The second-order valence-corrected chi connectivity index (χ2v) is 9.45. The molecule has 150 valence electrons. The molecule has 1 amide bonds. The number of piperidine rings is 1. The minimum atomic E-state index is -3.59. The van der Waals surface area contributed by atoms with E-state index in [1.54, 1.807) is 22.5 Å². The first-order chi connectivity index (χ1) is 13.4. The monoisotopic (exact) mass is 420 g/mol. The van der Waals surface area contributed by atoms with Crippen molar-refractivity contribution in [2.75, 3.05) is 13.1 Å². The maximum Gasteiger partial charge on any atom is 0.251 e. The first-order valence-corrected chi connectivity index (χ1v) is 11.3. The SMILES string of the molecule is C[C@H]1CCCCN1S(=O)(=O)c1cccc(C(=O)NCCc2ccc(Cl)cc2)c1. The third-order valence-electron chi connectivity index (χ3n) is 5.06. The summed E-state index contributed by atoms with van der Waals surface area (Å²) in [5.74, 6) is -0.280. The normalized spacial score (nSPS) is 18.0. The molecule has 0 aliphatic carbocycles. The maximum absolute atomic E-state index is 13.0. The van der Waals surface area contributed by atoms with Crippen LogP contribution >= 0.6 is 11.6 Å². The van der Waals surface area contributed by atoms with E-state index in [1.165, 1.54) is 6.07 Å². The fraction of sp³-hybridized carbons (Fsp3) is 0.381. The smallest absolute Gasteiger partial charge is 0.251 e. The van der Waals surface area contributed by atoms with Crippen molar-refractivity contribution in [1.29, 1.82) is 0 Å². The van der Waals surface area contributed by atoms with Gasteiger partial charge in [-0.1, -0.05) is 36.2 Å². The zero-order valence-corrected chi connectivity index (χ0v) is 17.5. The van der Waals surface area contributed by atoms with Gasteiger partial charge in [0.05, 0.1) is 4.90 Å². The summed E-state index contributed by atoms with van der Waals surface area (Å²) in [5.41, 5.74) is 1.42. The predicted molar refractivity (Wildman–Crippen MR) is 111 cm³/mol. The van der Waals surface area contributed by atoms with Gasteiger partial charge in [0.1, 0.15) is 0 Å². The number of nitrogens with zero attached hydrogens (tertiary/aromatic N) is 1. The van der Waals surface area contributed by atoms with Crippen LogP contribution in [0.25, 0.3) is 0 Å². The van der Waals surface area contributed by atoms with Gasteiger partial charge < -0.3 is 5.32 Å². The summed E-state index contributed by atoms with van der Waals surface area (Å²) in [4.78, 5) is 12.6. The van der Waals surface area contributed by atoms with Gasteiger partial charge in [0.15, 0.2) is 0 Å². The number of hydrogen-bond acceptors (Lipinski definition) is 3. The molecule has 0 aromatic heterocycles. The Balaban J connectivity index is 1.66. The van der Waals surface area contributed by atoms with Crippen molar-refractivity contribution in [2.24, 2.45) is 0 Å². The molecule has 1 aliphatic rings. The summed E-state index contributed by atoms with van der Waals surface area (Å²) in [6.45, 7) is 2.92. The number of carbonyl (C=O) groups excluding carboxylic acids is 1. The van der Waals surface area contributed by atoms with Gasteiger partial charge in [-0.05, 0) is 62.1 Å². The molecular formula is C21H25ClN2O3S. The molecule has 0 spiro atoms. The molecule has 1 saturated heterocycles. The van der Waals surface area contributed by atoms with E-state index >= 15 is 0 Å². The number of rotatable bonds is 6. The Labute approximate surface area is 171 Å². The van der Waals surface area contributed by atoms with Crippen LogP contribution in [0.15, 0.2) is 53.4 Å². The van der Waals surface area contributed by atoms with E-state index in [9.17, 15) is 13.2 Å². The molecule has 0 saturated carbocycles. The summed E-state index contributed by atoms with van der Waals surface area (Å²) in [6, 6.07) is 13.7. The number of nitrogens with one attached hydrogen (secondary N) is 1. The van der Waals surface area contributed by atoms with Crippen LogP contribution in [0.3, 0.4) is 0 Å². The van der Waals surface area contributed by atoms with Crippen LogP contribution < -0.4 is 5.32 Å². The number of sulfonamides is 1. The van der Waals surface area contributed by atoms with Gasteiger partial charge in [0.2, 0.25) is 10.0 Å². The first kappa shape index (κ1) is 20.8. The number of hydrogen-bond donors (Lipinski definition) is 1. The molecule has 1 heterocycles. The number of benzene rings is 2. The minimum absolute atomic E-state index is 0.0180. The average Bonchev–Trinajstić information content (AvgIpc) is 2.69. The van der Waals surface area contributed by atoms with Crippen LogP contribution in [-0.4, -0.2) is 37.8 Å². The van der Waals surface area contributed by atoms with E-state index in [4.69, 9.17) is 11.6 Å². The maximum atomic E-state index is 13.0. The standard InChI is InChI=1S/C21H25ClN2O3S/c1-16-5-2-3-14-24(16)28(26,27)20-7-4-6-18(15-20)21(25)23-13-12-17-8-10-19(22)11-9-17/h4,6-11,15-16H,2-3,5,12-14H2,1H3,(H,23,25)/t16-/m0/s1. The van der Waals surface area contributed by atoms with Crippen LogP contribution in [0.4, 0.5) is 0 Å². The second kappa shape index (κ2) is 9.07. The molecule has 2 aromatic rings. The highest BCUT2D eigenvalue weighted by atomic mass is 35.5. The van der Waals surface area contributed by atoms with Gasteiger partial charge >= 0.3 is 0 Å². The topological polar surface area (TPSA) is 66.5 Å². The quantitative estimate of drug-likeness (QED) is 0.771. The fourth-order valence-electron chi connectivity index (χ4n) is 3.44. The van der Waals surface area contributed by atoms with Crippen LogP contribution in [-0.2, 0) is 16.4 Å². The van der Waals surface area contributed by atoms with E-state index in [0.29, 0.717) is 30.1 Å². The Morgan fingerprint density at radius 2 is 1.93 bits per heavy atom. The summed E-state index contributed by atoms with van der Waals surface area (Å²) in [6.07, 6.45) is 3.45. The number of amides is 1. The van der Waals surface area contributed by atoms with Crippen molar-refractivity contribution in [1.82, 2.24) is 9.62 Å². The first-order valence-electron chi connectivity index (χ1n) is 9.52. The molecule has 7 heteroatoms. The zero-order chi connectivity index (χ0) is 20.1. The number of halogens is 1. The van der Waals surface area contributed by atoms with Crippen LogP contribution in [0.1, 0.15) is 42.1 Å². The van der Waals surface area contributed by atoms with E-state index in [0.717, 1.165) is 24.8 Å². The lowest BCUT2D eigenvalue weighted by Crippen LogP contribution is -2.42. The summed E-state index contributed by atoms with van der Waals surface area (Å²) >= 11 is 5.87. The lowest BCUT2D eigenvalue weighted by Gasteiger charge is -2.32. The molecule has 0 unspecified atom stereocenters. The molecule has 3 rings (SSSR count). The van der Waals surface area contributed by atoms with Gasteiger partial charge in [-0.25, -0.2) is 8.42 Å². The van der Waals surface area contributed by atoms with E-state index in [-0.39, 0.29) is 16.8 Å². The number of carbonyl (C=O) groups is 1. The summed E-state index contributed by atoms with van der Waals surface area (Å²) in [7, 11) is -3.59. The molecule has 0 bridgehead atoms. The van der Waals surface area contributed by atoms with E-state index in [2.05, 4.69) is 5.32 Å². The molecule has 1 atom stereocenters. The van der Waals surface area contributed by atoms with Crippen molar-refractivity contribution < 1.29 is 13.2 Å². The second-order valence-electron chi connectivity index (χ2n) is 7.12. The zero-order valence-electron chi connectivity index (χ0n) is 15.9. The highest BCUT2D eigenvalue weighted by Gasteiger charge is 2.31. The van der Waals surface area contributed by atoms with Gasteiger partial charge in [-0.2, -0.15) is 4.31 Å². The van der Waals surface area contributed by atoms with E-state index in [1.807, 2.05) is 31.2 Å². The Hall–Kier alpha value is -1.89. The van der Waals surface area contributed by atoms with Crippen molar-refractivity contribution in [2.45, 2.75) is 43.5 Å². The highest BCUT2D eigenvalue weighted by molar-refractivity contribution is 7.89. The molecule has 0 radical (unpaired) electrons. The predicted octanol–water partition coefficient (Wildman–Crippen LogP) is 3.88. The summed E-state index contributed by atoms with van der Waals surface area (Å²) < 4.78 is 27.5.